The van der Waals surface area contributed by atoms with E-state index in [0.717, 1.165) is 4.47 Å². The molecule has 5 nitrogen and oxygen atoms in total. The number of hydrogen-bond acceptors (Lipinski definition) is 5. The molecule has 1 amide bonds. The van der Waals surface area contributed by atoms with E-state index >= 15 is 0 Å². The summed E-state index contributed by atoms with van der Waals surface area (Å²) in [6, 6.07) is 20.2. The fraction of sp³-hybridized carbons (Fsp3) is 0. The number of fused-ring (bicyclic) bond motifs is 1. The fourth-order valence-corrected chi connectivity index (χ4v) is 4.64. The molecule has 2 heterocycles. The van der Waals surface area contributed by atoms with Crippen LogP contribution < -0.4 is 10.9 Å². The lowest BCUT2D eigenvalue weighted by molar-refractivity contribution is 0.102. The largest absolute Gasteiger partial charge is 0.422 e. The summed E-state index contributed by atoms with van der Waals surface area (Å²) in [5, 5.41) is 5.74. The molecule has 162 valence electrons. The summed E-state index contributed by atoms with van der Waals surface area (Å²) < 4.78 is 20.3. The molecule has 0 spiro atoms. The van der Waals surface area contributed by atoms with Gasteiger partial charge >= 0.3 is 5.63 Å². The van der Waals surface area contributed by atoms with Gasteiger partial charge in [0.25, 0.3) is 5.91 Å². The summed E-state index contributed by atoms with van der Waals surface area (Å²) in [7, 11) is 0. The van der Waals surface area contributed by atoms with E-state index in [-0.39, 0.29) is 11.4 Å². The van der Waals surface area contributed by atoms with E-state index in [1.54, 1.807) is 60.0 Å². The molecular formula is C25H14BrFN2O3S. The van der Waals surface area contributed by atoms with Crippen molar-refractivity contribution in [2.45, 2.75) is 0 Å². The van der Waals surface area contributed by atoms with Crippen LogP contribution in [0.1, 0.15) is 10.4 Å². The number of amides is 1. The number of carbonyl (C=O) groups excluding carboxylic acids is 1. The Labute approximate surface area is 199 Å². The maximum atomic E-state index is 14.2. The summed E-state index contributed by atoms with van der Waals surface area (Å²) in [6.07, 6.45) is 0. The Bertz CT molecular complexity index is 1580. The highest BCUT2D eigenvalue weighted by Gasteiger charge is 2.18. The Balaban J connectivity index is 1.49. The Hall–Kier alpha value is -3.62. The molecule has 8 heteroatoms. The molecular weight excluding hydrogens is 507 g/mol. The van der Waals surface area contributed by atoms with E-state index in [1.165, 1.54) is 23.5 Å². The van der Waals surface area contributed by atoms with E-state index in [9.17, 15) is 14.0 Å². The van der Waals surface area contributed by atoms with Gasteiger partial charge in [0.15, 0.2) is 0 Å². The maximum absolute atomic E-state index is 14.2. The van der Waals surface area contributed by atoms with Crippen LogP contribution in [0.4, 0.5) is 10.1 Å². The Morgan fingerprint density at radius 2 is 1.76 bits per heavy atom. The molecule has 5 rings (SSSR count). The first kappa shape index (κ1) is 21.2. The van der Waals surface area contributed by atoms with Gasteiger partial charge in [-0.2, -0.15) is 0 Å². The predicted octanol–water partition coefficient (Wildman–Crippen LogP) is 6.74. The first-order valence-corrected chi connectivity index (χ1v) is 11.5. The van der Waals surface area contributed by atoms with Crippen LogP contribution in [-0.2, 0) is 0 Å². The smallest absolute Gasteiger partial charge is 0.349 e. The number of rotatable bonds is 4. The molecule has 3 aromatic carbocycles. The van der Waals surface area contributed by atoms with Gasteiger partial charge in [-0.15, -0.1) is 11.3 Å². The molecule has 0 aliphatic heterocycles. The molecule has 0 bridgehead atoms. The summed E-state index contributed by atoms with van der Waals surface area (Å²) >= 11 is 4.68. The third-order valence-electron chi connectivity index (χ3n) is 5.00. The van der Waals surface area contributed by atoms with Crippen LogP contribution in [0.5, 0.6) is 0 Å². The highest BCUT2D eigenvalue weighted by atomic mass is 79.9. The van der Waals surface area contributed by atoms with E-state index in [4.69, 9.17) is 4.42 Å². The SMILES string of the molecule is O=C(Nc1ccccc1-c1csc(-c2ccccc2F)n1)c1cc2cc(Br)ccc2oc1=O. The monoisotopic (exact) mass is 520 g/mol. The van der Waals surface area contributed by atoms with E-state index in [2.05, 4.69) is 26.2 Å². The summed E-state index contributed by atoms with van der Waals surface area (Å²) in [5.41, 5.74) is 1.68. The molecule has 0 saturated heterocycles. The molecule has 0 atom stereocenters. The molecule has 0 saturated carbocycles. The second kappa shape index (κ2) is 8.73. The number of thiazole rings is 1. The molecule has 2 aromatic heterocycles. The number of nitrogens with zero attached hydrogens (tertiary/aromatic N) is 1. The third kappa shape index (κ3) is 4.22. The molecule has 0 aliphatic rings. The maximum Gasteiger partial charge on any atom is 0.349 e. The Morgan fingerprint density at radius 1 is 1.00 bits per heavy atom. The van der Waals surface area contributed by atoms with Crippen molar-refractivity contribution in [2.24, 2.45) is 0 Å². The summed E-state index contributed by atoms with van der Waals surface area (Å²) in [6.45, 7) is 0. The van der Waals surface area contributed by atoms with Gasteiger partial charge in [0.2, 0.25) is 0 Å². The minimum atomic E-state index is -0.727. The summed E-state index contributed by atoms with van der Waals surface area (Å²) in [5.74, 6) is -0.947. The van der Waals surface area contributed by atoms with Gasteiger partial charge in [0, 0.05) is 26.4 Å². The fourth-order valence-electron chi connectivity index (χ4n) is 3.41. The minimum absolute atomic E-state index is 0.110. The highest BCUT2D eigenvalue weighted by molar-refractivity contribution is 9.10. The number of nitrogens with one attached hydrogen (secondary N) is 1. The molecule has 0 radical (unpaired) electrons. The van der Waals surface area contributed by atoms with Crippen molar-refractivity contribution in [3.63, 3.8) is 0 Å². The molecule has 5 aromatic rings. The van der Waals surface area contributed by atoms with Gasteiger partial charge in [0.05, 0.1) is 11.4 Å². The molecule has 0 unspecified atom stereocenters. The normalized spacial score (nSPS) is 11.0. The highest BCUT2D eigenvalue weighted by Crippen LogP contribution is 2.33. The van der Waals surface area contributed by atoms with Gasteiger partial charge in [-0.05, 0) is 42.5 Å². The average molecular weight is 521 g/mol. The van der Waals surface area contributed by atoms with Crippen LogP contribution in [0.25, 0.3) is 32.8 Å². The second-order valence-corrected chi connectivity index (χ2v) is 8.92. The minimum Gasteiger partial charge on any atom is -0.422 e. The molecule has 0 fully saturated rings. The van der Waals surface area contributed by atoms with Crippen molar-refractivity contribution in [1.29, 1.82) is 0 Å². The molecule has 33 heavy (non-hydrogen) atoms. The number of carbonyl (C=O) groups is 1. The number of para-hydroxylation sites is 1. The predicted molar refractivity (Wildman–Crippen MR) is 131 cm³/mol. The number of hydrogen-bond donors (Lipinski definition) is 1. The van der Waals surface area contributed by atoms with E-state index in [0.29, 0.717) is 38.5 Å². The number of benzene rings is 3. The average Bonchev–Trinajstić information content (AvgIpc) is 3.29. The molecule has 1 N–H and O–H groups in total. The first-order valence-electron chi connectivity index (χ1n) is 9.84. The lowest BCUT2D eigenvalue weighted by Gasteiger charge is -2.09. The number of aromatic nitrogens is 1. The third-order valence-corrected chi connectivity index (χ3v) is 6.37. The van der Waals surface area contributed by atoms with Gasteiger partial charge in [-0.1, -0.05) is 46.3 Å². The quantitative estimate of drug-likeness (QED) is 0.266. The summed E-state index contributed by atoms with van der Waals surface area (Å²) in [4.78, 5) is 29.9. The van der Waals surface area contributed by atoms with Crippen LogP contribution in [0, 0.1) is 5.82 Å². The van der Waals surface area contributed by atoms with Crippen molar-refractivity contribution >= 4 is 49.8 Å². The lowest BCUT2D eigenvalue weighted by Crippen LogP contribution is -2.21. The first-order chi connectivity index (χ1) is 16.0. The Kier molecular flexibility index (Phi) is 5.62. The van der Waals surface area contributed by atoms with Crippen molar-refractivity contribution < 1.29 is 13.6 Å². The van der Waals surface area contributed by atoms with Crippen LogP contribution >= 0.6 is 27.3 Å². The topological polar surface area (TPSA) is 72.2 Å². The zero-order chi connectivity index (χ0) is 22.9. The zero-order valence-electron chi connectivity index (χ0n) is 16.8. The van der Waals surface area contributed by atoms with Gasteiger partial charge in [0.1, 0.15) is 22.0 Å². The second-order valence-electron chi connectivity index (χ2n) is 7.15. The van der Waals surface area contributed by atoms with Crippen LogP contribution in [0.3, 0.4) is 0 Å². The Morgan fingerprint density at radius 3 is 2.58 bits per heavy atom. The van der Waals surface area contributed by atoms with Crippen molar-refractivity contribution in [3.8, 4) is 21.8 Å². The van der Waals surface area contributed by atoms with Crippen LogP contribution in [0.15, 0.2) is 91.9 Å². The van der Waals surface area contributed by atoms with Crippen molar-refractivity contribution in [3.05, 3.63) is 104 Å². The standard InChI is InChI=1S/C25H14BrFN2O3S/c26-15-9-10-22-14(11-15)12-18(25(31)32-22)23(30)28-20-8-4-2-6-17(20)21-13-33-24(29-21)16-5-1-3-7-19(16)27/h1-13H,(H,28,30). The number of anilines is 1. The zero-order valence-corrected chi connectivity index (χ0v) is 19.2. The van der Waals surface area contributed by atoms with Gasteiger partial charge < -0.3 is 9.73 Å². The lowest BCUT2D eigenvalue weighted by atomic mass is 10.1. The van der Waals surface area contributed by atoms with Crippen LogP contribution in [0.2, 0.25) is 0 Å². The van der Waals surface area contributed by atoms with Crippen molar-refractivity contribution in [2.75, 3.05) is 5.32 Å². The molecule has 0 aliphatic carbocycles. The van der Waals surface area contributed by atoms with Gasteiger partial charge in [-0.25, -0.2) is 14.2 Å². The number of halogens is 2. The van der Waals surface area contributed by atoms with E-state index < -0.39 is 11.5 Å². The van der Waals surface area contributed by atoms with Crippen LogP contribution in [-0.4, -0.2) is 10.9 Å². The van der Waals surface area contributed by atoms with Gasteiger partial charge in [-0.3, -0.25) is 4.79 Å². The van der Waals surface area contributed by atoms with Crippen molar-refractivity contribution in [1.82, 2.24) is 4.98 Å². The van der Waals surface area contributed by atoms with E-state index in [1.807, 2.05) is 6.07 Å².